The second-order valence-electron chi connectivity index (χ2n) is 5.23. The predicted octanol–water partition coefficient (Wildman–Crippen LogP) is 2.56. The van der Waals surface area contributed by atoms with Crippen LogP contribution in [0.3, 0.4) is 0 Å². The fraction of sp³-hybridized carbons (Fsp3) is 0.643. The van der Waals surface area contributed by atoms with Crippen molar-refractivity contribution in [2.45, 2.75) is 45.2 Å². The molecule has 3 nitrogen and oxygen atoms in total. The standard InChI is InChI=1S/C14H23N3/c1-11-5-3-7-13(9-11)17(2)14-12(10-15)6-4-8-16-14/h4,6,8,11,13H,3,5,7,9-10,15H2,1-2H3. The summed E-state index contributed by atoms with van der Waals surface area (Å²) >= 11 is 0. The molecule has 0 spiro atoms. The van der Waals surface area contributed by atoms with Crippen molar-refractivity contribution in [1.82, 2.24) is 4.98 Å². The van der Waals surface area contributed by atoms with E-state index in [4.69, 9.17) is 5.73 Å². The summed E-state index contributed by atoms with van der Waals surface area (Å²) in [6.07, 6.45) is 7.12. The lowest BCUT2D eigenvalue weighted by atomic mass is 9.86. The molecule has 17 heavy (non-hydrogen) atoms. The highest BCUT2D eigenvalue weighted by atomic mass is 15.2. The highest BCUT2D eigenvalue weighted by Crippen LogP contribution is 2.29. The summed E-state index contributed by atoms with van der Waals surface area (Å²) in [5, 5.41) is 0. The molecule has 1 saturated carbocycles. The zero-order valence-corrected chi connectivity index (χ0v) is 10.9. The van der Waals surface area contributed by atoms with Gasteiger partial charge < -0.3 is 10.6 Å². The van der Waals surface area contributed by atoms with E-state index in [2.05, 4.69) is 29.9 Å². The molecule has 0 aromatic carbocycles. The Bertz CT molecular complexity index is 364. The van der Waals surface area contributed by atoms with Crippen molar-refractivity contribution in [3.8, 4) is 0 Å². The van der Waals surface area contributed by atoms with E-state index < -0.39 is 0 Å². The molecule has 1 aromatic rings. The average molecular weight is 233 g/mol. The first-order valence-corrected chi connectivity index (χ1v) is 6.59. The number of hydrogen-bond donors (Lipinski definition) is 1. The highest BCUT2D eigenvalue weighted by molar-refractivity contribution is 5.46. The smallest absolute Gasteiger partial charge is 0.132 e. The van der Waals surface area contributed by atoms with Crippen LogP contribution in [0.25, 0.3) is 0 Å². The number of nitrogens with zero attached hydrogens (tertiary/aromatic N) is 2. The molecule has 0 aliphatic heterocycles. The molecule has 2 rings (SSSR count). The van der Waals surface area contributed by atoms with E-state index >= 15 is 0 Å². The first-order chi connectivity index (χ1) is 8.22. The number of pyridine rings is 1. The molecule has 1 aromatic heterocycles. The van der Waals surface area contributed by atoms with Gasteiger partial charge in [-0.1, -0.05) is 25.8 Å². The van der Waals surface area contributed by atoms with Gasteiger partial charge in [-0.2, -0.15) is 0 Å². The Kier molecular flexibility index (Phi) is 4.00. The SMILES string of the molecule is CC1CCCC(N(C)c2ncccc2CN)C1. The zero-order valence-electron chi connectivity index (χ0n) is 10.9. The molecule has 1 heterocycles. The Labute approximate surface area is 104 Å². The van der Waals surface area contributed by atoms with E-state index in [-0.39, 0.29) is 0 Å². The van der Waals surface area contributed by atoms with Crippen molar-refractivity contribution in [3.05, 3.63) is 23.9 Å². The van der Waals surface area contributed by atoms with Crippen molar-refractivity contribution in [1.29, 1.82) is 0 Å². The van der Waals surface area contributed by atoms with Gasteiger partial charge in [0.05, 0.1) is 0 Å². The van der Waals surface area contributed by atoms with Crippen LogP contribution < -0.4 is 10.6 Å². The third-order valence-corrected chi connectivity index (χ3v) is 3.88. The van der Waals surface area contributed by atoms with Gasteiger partial charge in [0.15, 0.2) is 0 Å². The minimum Gasteiger partial charge on any atom is -0.356 e. The lowest BCUT2D eigenvalue weighted by molar-refractivity contribution is 0.335. The van der Waals surface area contributed by atoms with Crippen LogP contribution in [0.1, 0.15) is 38.2 Å². The van der Waals surface area contributed by atoms with Crippen molar-refractivity contribution in [3.63, 3.8) is 0 Å². The molecule has 1 fully saturated rings. The molecule has 1 aliphatic rings. The van der Waals surface area contributed by atoms with Crippen LogP contribution in [0.2, 0.25) is 0 Å². The molecule has 0 saturated heterocycles. The van der Waals surface area contributed by atoms with Gasteiger partial charge in [0.25, 0.3) is 0 Å². The molecule has 0 radical (unpaired) electrons. The molecule has 3 heteroatoms. The van der Waals surface area contributed by atoms with Gasteiger partial charge in [-0.15, -0.1) is 0 Å². The van der Waals surface area contributed by atoms with Crippen molar-refractivity contribution < 1.29 is 0 Å². The van der Waals surface area contributed by atoms with E-state index in [0.717, 1.165) is 17.3 Å². The van der Waals surface area contributed by atoms with Crippen LogP contribution in [0.5, 0.6) is 0 Å². The molecule has 2 N–H and O–H groups in total. The second-order valence-corrected chi connectivity index (χ2v) is 5.23. The van der Waals surface area contributed by atoms with Crippen molar-refractivity contribution in [2.75, 3.05) is 11.9 Å². The maximum absolute atomic E-state index is 5.78. The maximum atomic E-state index is 5.78. The third kappa shape index (κ3) is 2.78. The first-order valence-electron chi connectivity index (χ1n) is 6.59. The minimum atomic E-state index is 0.565. The van der Waals surface area contributed by atoms with E-state index in [0.29, 0.717) is 12.6 Å². The lowest BCUT2D eigenvalue weighted by Crippen LogP contribution is -2.36. The van der Waals surface area contributed by atoms with E-state index in [1.54, 1.807) is 0 Å². The zero-order chi connectivity index (χ0) is 12.3. The quantitative estimate of drug-likeness (QED) is 0.872. The number of aromatic nitrogens is 1. The second kappa shape index (κ2) is 5.50. The Morgan fingerprint density at radius 2 is 2.29 bits per heavy atom. The molecule has 0 amide bonds. The van der Waals surface area contributed by atoms with Crippen molar-refractivity contribution >= 4 is 5.82 Å². The average Bonchev–Trinajstić information content (AvgIpc) is 2.38. The molecule has 1 aliphatic carbocycles. The lowest BCUT2D eigenvalue weighted by Gasteiger charge is -2.35. The normalized spacial score (nSPS) is 24.6. The summed E-state index contributed by atoms with van der Waals surface area (Å²) in [6.45, 7) is 2.91. The molecular formula is C14H23N3. The fourth-order valence-electron chi connectivity index (χ4n) is 2.83. The van der Waals surface area contributed by atoms with Crippen LogP contribution in [0.15, 0.2) is 18.3 Å². The van der Waals surface area contributed by atoms with Crippen LogP contribution in [-0.2, 0) is 6.54 Å². The van der Waals surface area contributed by atoms with Gasteiger partial charge in [0, 0.05) is 31.4 Å². The number of anilines is 1. The Morgan fingerprint density at radius 3 is 3.00 bits per heavy atom. The van der Waals surface area contributed by atoms with E-state index in [1.807, 2.05) is 12.3 Å². The van der Waals surface area contributed by atoms with E-state index in [1.165, 1.54) is 25.7 Å². The Balaban J connectivity index is 2.15. The minimum absolute atomic E-state index is 0.565. The van der Waals surface area contributed by atoms with Gasteiger partial charge in [-0.05, 0) is 24.8 Å². The topological polar surface area (TPSA) is 42.2 Å². The summed E-state index contributed by atoms with van der Waals surface area (Å²) in [5.74, 6) is 1.90. The molecule has 94 valence electrons. The third-order valence-electron chi connectivity index (χ3n) is 3.88. The van der Waals surface area contributed by atoms with Gasteiger partial charge in [0.2, 0.25) is 0 Å². The fourth-order valence-corrected chi connectivity index (χ4v) is 2.83. The largest absolute Gasteiger partial charge is 0.356 e. The number of nitrogens with two attached hydrogens (primary N) is 1. The maximum Gasteiger partial charge on any atom is 0.132 e. The van der Waals surface area contributed by atoms with E-state index in [9.17, 15) is 0 Å². The van der Waals surface area contributed by atoms with Gasteiger partial charge in [-0.25, -0.2) is 4.98 Å². The highest BCUT2D eigenvalue weighted by Gasteiger charge is 2.24. The summed E-state index contributed by atoms with van der Waals surface area (Å²) < 4.78 is 0. The number of hydrogen-bond acceptors (Lipinski definition) is 3. The van der Waals surface area contributed by atoms with Gasteiger partial charge in [-0.3, -0.25) is 0 Å². The monoisotopic (exact) mass is 233 g/mol. The van der Waals surface area contributed by atoms with Crippen LogP contribution in [0, 0.1) is 5.92 Å². The van der Waals surface area contributed by atoms with Gasteiger partial charge >= 0.3 is 0 Å². The summed E-state index contributed by atoms with van der Waals surface area (Å²) in [6, 6.07) is 4.66. The summed E-state index contributed by atoms with van der Waals surface area (Å²) in [5.41, 5.74) is 6.93. The number of rotatable bonds is 3. The Hall–Kier alpha value is -1.09. The summed E-state index contributed by atoms with van der Waals surface area (Å²) in [7, 11) is 2.16. The van der Waals surface area contributed by atoms with Crippen LogP contribution in [0.4, 0.5) is 5.82 Å². The molecule has 2 unspecified atom stereocenters. The predicted molar refractivity (Wildman–Crippen MR) is 72.0 cm³/mol. The van der Waals surface area contributed by atoms with Crippen molar-refractivity contribution in [2.24, 2.45) is 11.7 Å². The molecular weight excluding hydrogens is 210 g/mol. The molecule has 0 bridgehead atoms. The Morgan fingerprint density at radius 1 is 1.47 bits per heavy atom. The molecule has 2 atom stereocenters. The van der Waals surface area contributed by atoms with Crippen LogP contribution in [-0.4, -0.2) is 18.1 Å². The van der Waals surface area contributed by atoms with Crippen LogP contribution >= 0.6 is 0 Å². The summed E-state index contributed by atoms with van der Waals surface area (Å²) in [4.78, 5) is 6.83. The van der Waals surface area contributed by atoms with Gasteiger partial charge in [0.1, 0.15) is 5.82 Å². The first kappa shape index (κ1) is 12.4.